The van der Waals surface area contributed by atoms with Gasteiger partial charge in [-0.2, -0.15) is 0 Å². The van der Waals surface area contributed by atoms with Crippen LogP contribution in [0.5, 0.6) is 0 Å². The first kappa shape index (κ1) is 46.9. The summed E-state index contributed by atoms with van der Waals surface area (Å²) in [6.45, 7) is 6.77. The van der Waals surface area contributed by atoms with Crippen molar-refractivity contribution in [3.63, 3.8) is 0 Å². The molecule has 0 aliphatic carbocycles. The van der Waals surface area contributed by atoms with Gasteiger partial charge in [0.15, 0.2) is 6.29 Å². The van der Waals surface area contributed by atoms with Crippen LogP contribution in [0, 0.1) is 5.41 Å². The monoisotopic (exact) mass is 779 g/mol. The Morgan fingerprint density at radius 2 is 1.30 bits per heavy atom. The van der Waals surface area contributed by atoms with Gasteiger partial charge in [-0.15, -0.1) is 0 Å². The van der Waals surface area contributed by atoms with E-state index in [9.17, 15) is 34.8 Å². The average molecular weight is 779 g/mol. The zero-order valence-electron chi connectivity index (χ0n) is 33.2. The molecule has 3 heterocycles. The molecule has 0 aromatic heterocycles. The second kappa shape index (κ2) is 25.7. The Kier molecular flexibility index (Phi) is 22.8. The molecule has 0 aromatic carbocycles. The van der Waals surface area contributed by atoms with Gasteiger partial charge in [-0.3, -0.25) is 4.21 Å². The molecule has 0 aromatic rings. The van der Waals surface area contributed by atoms with Crippen LogP contribution in [0.2, 0.25) is 0 Å². The Labute approximate surface area is 321 Å². The molecule has 53 heavy (non-hydrogen) atoms. The summed E-state index contributed by atoms with van der Waals surface area (Å²) in [5.41, 5.74) is 0.491. The van der Waals surface area contributed by atoms with E-state index in [1.807, 2.05) is 0 Å². The molecular formula is C40H78N2O10S. The summed E-state index contributed by atoms with van der Waals surface area (Å²) < 4.78 is 34.7. The van der Waals surface area contributed by atoms with Gasteiger partial charge in [0.1, 0.15) is 36.6 Å². The van der Waals surface area contributed by atoms with Crippen molar-refractivity contribution in [1.82, 2.24) is 4.90 Å². The van der Waals surface area contributed by atoms with Crippen LogP contribution in [0.15, 0.2) is 4.36 Å². The number of aliphatic hydroxyl groups is 6. The van der Waals surface area contributed by atoms with E-state index < -0.39 is 65.3 Å². The Bertz CT molecular complexity index is 1060. The molecular weight excluding hydrogens is 701 g/mol. The molecule has 3 saturated heterocycles. The van der Waals surface area contributed by atoms with E-state index in [-0.39, 0.29) is 6.61 Å². The second-order valence-electron chi connectivity index (χ2n) is 16.6. The number of rotatable bonds is 31. The lowest BCUT2D eigenvalue weighted by Crippen LogP contribution is -2.65. The van der Waals surface area contributed by atoms with Crippen LogP contribution >= 0.6 is 0 Å². The molecule has 12 nitrogen and oxygen atoms in total. The molecule has 0 radical (unpaired) electrons. The van der Waals surface area contributed by atoms with Gasteiger partial charge in [0.05, 0.1) is 32.5 Å². The molecule has 3 fully saturated rings. The number of aliphatic hydroxyl groups excluding tert-OH is 6. The lowest BCUT2D eigenvalue weighted by Gasteiger charge is -2.55. The molecule has 0 amide bonds. The highest BCUT2D eigenvalue weighted by Crippen LogP contribution is 2.37. The highest BCUT2D eigenvalue weighted by Gasteiger charge is 2.48. The minimum absolute atomic E-state index is 0.336. The van der Waals surface area contributed by atoms with Crippen molar-refractivity contribution in [2.45, 2.75) is 191 Å². The summed E-state index contributed by atoms with van der Waals surface area (Å²) in [4.78, 5) is 2.54. The SMILES string of the molecule is CCCCCCCCCCCCCC[C@@H](O)[C@@H](O)[C@H](COC1OC(CO)C(O)C(O)C1O)N=S(C)(=O)CCCCCCCCCCN1CC2(COC2)C1. The minimum atomic E-state index is -2.75. The van der Waals surface area contributed by atoms with Crippen molar-refractivity contribution in [2.75, 3.05) is 58.1 Å². The Morgan fingerprint density at radius 3 is 1.83 bits per heavy atom. The summed E-state index contributed by atoms with van der Waals surface area (Å²) in [6.07, 6.45) is 15.2. The maximum atomic E-state index is 13.6. The maximum Gasteiger partial charge on any atom is 0.186 e. The molecule has 3 aliphatic rings. The van der Waals surface area contributed by atoms with Crippen LogP contribution in [0.3, 0.4) is 0 Å². The van der Waals surface area contributed by atoms with Gasteiger partial charge in [0.25, 0.3) is 0 Å². The van der Waals surface area contributed by atoms with E-state index in [4.69, 9.17) is 14.2 Å². The van der Waals surface area contributed by atoms with E-state index in [0.717, 1.165) is 64.6 Å². The number of likely N-dealkylation sites (tertiary alicyclic amines) is 1. The van der Waals surface area contributed by atoms with E-state index in [1.54, 1.807) is 6.26 Å². The highest BCUT2D eigenvalue weighted by atomic mass is 32.2. The summed E-state index contributed by atoms with van der Waals surface area (Å²) in [5.74, 6) is 0.355. The van der Waals surface area contributed by atoms with E-state index >= 15 is 0 Å². The summed E-state index contributed by atoms with van der Waals surface area (Å²) in [7, 11) is -2.75. The van der Waals surface area contributed by atoms with E-state index in [2.05, 4.69) is 16.2 Å². The van der Waals surface area contributed by atoms with Gasteiger partial charge in [-0.1, -0.05) is 122 Å². The molecule has 6 N–H and O–H groups in total. The average Bonchev–Trinajstić information content (AvgIpc) is 3.10. The molecule has 3 rings (SSSR count). The number of hydrogen-bond acceptors (Lipinski definition) is 12. The van der Waals surface area contributed by atoms with Gasteiger partial charge in [-0.25, -0.2) is 4.36 Å². The Balaban J connectivity index is 1.38. The Morgan fingerprint density at radius 1 is 0.774 bits per heavy atom. The quantitative estimate of drug-likeness (QED) is 0.0544. The molecule has 0 saturated carbocycles. The van der Waals surface area contributed by atoms with Crippen molar-refractivity contribution >= 4 is 9.73 Å². The smallest absolute Gasteiger partial charge is 0.186 e. The van der Waals surface area contributed by atoms with Crippen LogP contribution in [0.1, 0.15) is 142 Å². The van der Waals surface area contributed by atoms with Gasteiger partial charge in [0.2, 0.25) is 0 Å². The number of unbranched alkanes of at least 4 members (excludes halogenated alkanes) is 18. The van der Waals surface area contributed by atoms with Crippen LogP contribution in [-0.2, 0) is 23.9 Å². The molecule has 13 heteroatoms. The van der Waals surface area contributed by atoms with E-state index in [0.29, 0.717) is 17.6 Å². The topological polar surface area (TPSA) is 182 Å². The van der Waals surface area contributed by atoms with Gasteiger partial charge in [-0.05, 0) is 25.8 Å². The zero-order valence-corrected chi connectivity index (χ0v) is 34.1. The lowest BCUT2D eigenvalue weighted by atomic mass is 9.78. The lowest BCUT2D eigenvalue weighted by molar-refractivity contribution is -0.302. The number of nitrogens with zero attached hydrogens (tertiary/aromatic N) is 2. The third-order valence-electron chi connectivity index (χ3n) is 11.5. The second-order valence-corrected chi connectivity index (χ2v) is 19.2. The first-order valence-corrected chi connectivity index (χ1v) is 23.4. The molecule has 314 valence electrons. The first-order chi connectivity index (χ1) is 25.5. The predicted octanol–water partition coefficient (Wildman–Crippen LogP) is 4.54. The van der Waals surface area contributed by atoms with E-state index in [1.165, 1.54) is 96.7 Å². The first-order valence-electron chi connectivity index (χ1n) is 21.3. The predicted molar refractivity (Wildman–Crippen MR) is 209 cm³/mol. The van der Waals surface area contributed by atoms with Crippen LogP contribution in [0.4, 0.5) is 0 Å². The van der Waals surface area contributed by atoms with Gasteiger partial charge >= 0.3 is 0 Å². The fourth-order valence-corrected chi connectivity index (χ4v) is 9.55. The third kappa shape index (κ3) is 17.3. The van der Waals surface area contributed by atoms with Crippen LogP contribution in [-0.4, -0.2) is 147 Å². The molecule has 1 spiro atoms. The van der Waals surface area contributed by atoms with Crippen molar-refractivity contribution in [3.8, 4) is 0 Å². The molecule has 0 bridgehead atoms. The fraction of sp³-hybridized carbons (Fsp3) is 1.00. The van der Waals surface area contributed by atoms with Crippen molar-refractivity contribution < 1.29 is 49.1 Å². The van der Waals surface area contributed by atoms with Gasteiger partial charge in [0, 0.05) is 40.2 Å². The normalized spacial score (nSPS) is 27.1. The van der Waals surface area contributed by atoms with Crippen molar-refractivity contribution in [1.29, 1.82) is 0 Å². The van der Waals surface area contributed by atoms with Crippen molar-refractivity contribution in [2.24, 2.45) is 9.78 Å². The minimum Gasteiger partial charge on any atom is -0.394 e. The van der Waals surface area contributed by atoms with Crippen LogP contribution in [0.25, 0.3) is 0 Å². The Hall–Kier alpha value is -0.450. The third-order valence-corrected chi connectivity index (χ3v) is 13.2. The molecule has 6 unspecified atom stereocenters. The summed E-state index contributed by atoms with van der Waals surface area (Å²) in [5, 5.41) is 62.5. The van der Waals surface area contributed by atoms with Gasteiger partial charge < -0.3 is 49.7 Å². The van der Waals surface area contributed by atoms with Crippen molar-refractivity contribution in [3.05, 3.63) is 0 Å². The largest absolute Gasteiger partial charge is 0.394 e. The fourth-order valence-electron chi connectivity index (χ4n) is 7.95. The molecule has 9 atom stereocenters. The van der Waals surface area contributed by atoms with Crippen LogP contribution < -0.4 is 0 Å². The number of hydrogen-bond donors (Lipinski definition) is 6. The standard InChI is InChI=1S/C40H78N2O10S/c1-3-4-5-6-7-8-9-10-11-14-17-20-23-33(44)35(45)32(27-51-39-38(48)37(47)36(46)34(26-43)52-39)41-53(2,49)25-22-19-16-13-12-15-18-21-24-42-28-40(29-42)30-50-31-40/h32-39,43-48H,3-31H2,1-2H3/t32-,33+,34?,35-,36?,37?,38?,39?,53?/m0/s1. The number of ether oxygens (including phenoxy) is 3. The summed E-state index contributed by atoms with van der Waals surface area (Å²) >= 11 is 0. The maximum absolute atomic E-state index is 13.6. The molecule has 3 aliphatic heterocycles. The highest BCUT2D eigenvalue weighted by molar-refractivity contribution is 7.92. The zero-order chi connectivity index (χ0) is 38.5. The summed E-state index contributed by atoms with van der Waals surface area (Å²) in [6, 6.07) is -1.07.